The molecule has 162 valence electrons. The summed E-state index contributed by atoms with van der Waals surface area (Å²) in [4.78, 5) is 42.1. The van der Waals surface area contributed by atoms with Crippen molar-refractivity contribution in [2.45, 2.75) is 31.8 Å². The van der Waals surface area contributed by atoms with Gasteiger partial charge in [-0.05, 0) is 30.5 Å². The summed E-state index contributed by atoms with van der Waals surface area (Å²) in [6, 6.07) is 6.51. The molecule has 0 radical (unpaired) electrons. The van der Waals surface area contributed by atoms with Crippen molar-refractivity contribution in [3.8, 4) is 0 Å². The van der Waals surface area contributed by atoms with Crippen LogP contribution in [0.2, 0.25) is 0 Å². The van der Waals surface area contributed by atoms with Gasteiger partial charge in [0.25, 0.3) is 5.56 Å². The summed E-state index contributed by atoms with van der Waals surface area (Å²) in [5, 5.41) is 20.7. The van der Waals surface area contributed by atoms with E-state index in [9.17, 15) is 19.5 Å². The predicted octanol–water partition coefficient (Wildman–Crippen LogP) is 0.0208. The number of nitrogens with zero attached hydrogens (tertiary/aromatic N) is 2. The number of carbonyl (C=O) groups is 2. The van der Waals surface area contributed by atoms with Crippen LogP contribution >= 0.6 is 0 Å². The first-order valence-electron chi connectivity index (χ1n) is 9.29. The van der Waals surface area contributed by atoms with Crippen LogP contribution in [0.4, 0.5) is 17.5 Å². The maximum absolute atomic E-state index is 12.0. The van der Waals surface area contributed by atoms with Crippen molar-refractivity contribution in [1.29, 1.82) is 0 Å². The van der Waals surface area contributed by atoms with Crippen LogP contribution in [0, 0.1) is 0 Å². The Morgan fingerprint density at radius 3 is 2.47 bits per heavy atom. The number of hydrogen-bond donors (Lipinski definition) is 6. The summed E-state index contributed by atoms with van der Waals surface area (Å²) in [5.74, 6) is -2.03. The van der Waals surface area contributed by atoms with Gasteiger partial charge in [-0.1, -0.05) is 12.1 Å². The molecule has 0 aliphatic heterocycles. The number of nitrogen functional groups attached to an aromatic ring is 2. The lowest BCUT2D eigenvalue weighted by atomic mass is 10.1. The minimum atomic E-state index is -1.08. The number of carboxylic acids is 2. The number of hydrogen-bond acceptors (Lipinski definition) is 8. The molecule has 1 heterocycles. The number of H-pyrrole nitrogens is 1. The van der Waals surface area contributed by atoms with Gasteiger partial charge in [-0.25, -0.2) is 0 Å². The maximum atomic E-state index is 12.0. The molecule has 11 heteroatoms. The summed E-state index contributed by atoms with van der Waals surface area (Å²) in [7, 11) is 1.87. The van der Waals surface area contributed by atoms with Gasteiger partial charge in [-0.3, -0.25) is 19.4 Å². The van der Waals surface area contributed by atoms with Crippen LogP contribution in [0.15, 0.2) is 29.1 Å². The van der Waals surface area contributed by atoms with E-state index < -0.39 is 18.0 Å². The lowest BCUT2D eigenvalue weighted by Crippen LogP contribution is -2.36. The van der Waals surface area contributed by atoms with Crippen molar-refractivity contribution in [1.82, 2.24) is 15.3 Å². The summed E-state index contributed by atoms with van der Waals surface area (Å²) >= 11 is 0. The first-order chi connectivity index (χ1) is 14.2. The van der Waals surface area contributed by atoms with E-state index in [0.717, 1.165) is 11.3 Å². The minimum Gasteiger partial charge on any atom is -0.481 e. The van der Waals surface area contributed by atoms with Crippen LogP contribution in [0.5, 0.6) is 0 Å². The molecule has 1 aromatic carbocycles. The van der Waals surface area contributed by atoms with Crippen LogP contribution in [-0.4, -0.2) is 51.8 Å². The highest BCUT2D eigenvalue weighted by atomic mass is 16.4. The molecular weight excluding hydrogens is 392 g/mol. The second-order valence-corrected chi connectivity index (χ2v) is 6.86. The van der Waals surface area contributed by atoms with Crippen molar-refractivity contribution >= 4 is 29.4 Å². The highest BCUT2D eigenvalue weighted by molar-refractivity contribution is 5.75. The van der Waals surface area contributed by atoms with E-state index in [4.69, 9.17) is 16.6 Å². The highest BCUT2D eigenvalue weighted by Gasteiger charge is 2.18. The van der Waals surface area contributed by atoms with Gasteiger partial charge in [0.1, 0.15) is 11.9 Å². The standard InChI is InChI=1S/C19H26N6O5/c1-25(9-8-13-16(20)23-19(21)24-17(13)28)12-4-2-11(3-5-12)10-22-14(18(29)30)6-7-15(26)27/h2-5,14,22H,6-10H2,1H3,(H,26,27)(H,29,30)(H5,20,21,23,24,28)/t14-/m0/s1. The number of aromatic nitrogens is 2. The fourth-order valence-corrected chi connectivity index (χ4v) is 2.87. The first kappa shape index (κ1) is 22.7. The van der Waals surface area contributed by atoms with Crippen LogP contribution in [0.3, 0.4) is 0 Å². The summed E-state index contributed by atoms with van der Waals surface area (Å²) < 4.78 is 0. The van der Waals surface area contributed by atoms with Crippen molar-refractivity contribution in [3.63, 3.8) is 0 Å². The van der Waals surface area contributed by atoms with Crippen LogP contribution < -0.4 is 27.2 Å². The summed E-state index contributed by atoms with van der Waals surface area (Å²) in [6.07, 6.45) is 0.177. The monoisotopic (exact) mass is 418 g/mol. The van der Waals surface area contributed by atoms with E-state index in [1.54, 1.807) is 0 Å². The molecule has 0 saturated heterocycles. The molecule has 11 nitrogen and oxygen atoms in total. The van der Waals surface area contributed by atoms with Gasteiger partial charge in [0.15, 0.2) is 0 Å². The Kier molecular flexibility index (Phi) is 7.76. The zero-order valence-electron chi connectivity index (χ0n) is 16.6. The number of nitrogens with one attached hydrogen (secondary N) is 2. The Balaban J connectivity index is 1.92. The molecule has 0 aliphatic carbocycles. The van der Waals surface area contributed by atoms with Crippen molar-refractivity contribution < 1.29 is 19.8 Å². The number of anilines is 3. The van der Waals surface area contributed by atoms with Crippen molar-refractivity contribution in [3.05, 3.63) is 45.7 Å². The summed E-state index contributed by atoms with van der Waals surface area (Å²) in [5.41, 5.74) is 13.0. The fraction of sp³-hybridized carbons (Fsp3) is 0.368. The number of rotatable bonds is 11. The third-order valence-corrected chi connectivity index (χ3v) is 4.64. The molecule has 30 heavy (non-hydrogen) atoms. The molecule has 2 rings (SSSR count). The van der Waals surface area contributed by atoms with Crippen LogP contribution in [0.1, 0.15) is 24.0 Å². The number of nitrogens with two attached hydrogens (primary N) is 2. The first-order valence-corrected chi connectivity index (χ1v) is 9.29. The van der Waals surface area contributed by atoms with Gasteiger partial charge in [0.05, 0.1) is 5.56 Å². The SMILES string of the molecule is CN(CCc1c(N)nc(N)[nH]c1=O)c1ccc(CN[C@@H](CCC(=O)O)C(=O)O)cc1. The molecule has 0 unspecified atom stereocenters. The topological polar surface area (TPSA) is 188 Å². The quantitative estimate of drug-likeness (QED) is 0.290. The zero-order chi connectivity index (χ0) is 22.3. The normalized spacial score (nSPS) is 11.8. The lowest BCUT2D eigenvalue weighted by Gasteiger charge is -2.20. The van der Waals surface area contributed by atoms with Crippen LogP contribution in [0.25, 0.3) is 0 Å². The maximum Gasteiger partial charge on any atom is 0.320 e. The Morgan fingerprint density at radius 2 is 1.90 bits per heavy atom. The zero-order valence-corrected chi connectivity index (χ0v) is 16.6. The third-order valence-electron chi connectivity index (χ3n) is 4.64. The average molecular weight is 418 g/mol. The van der Waals surface area contributed by atoms with Gasteiger partial charge in [0.2, 0.25) is 5.95 Å². The molecule has 0 amide bonds. The second kappa shape index (κ2) is 10.3. The number of benzene rings is 1. The fourth-order valence-electron chi connectivity index (χ4n) is 2.87. The lowest BCUT2D eigenvalue weighted by molar-refractivity contribution is -0.140. The van der Waals surface area contributed by atoms with Gasteiger partial charge in [-0.2, -0.15) is 4.98 Å². The Morgan fingerprint density at radius 1 is 1.23 bits per heavy atom. The molecule has 1 aromatic heterocycles. The van der Waals surface area contributed by atoms with Crippen molar-refractivity contribution in [2.24, 2.45) is 0 Å². The average Bonchev–Trinajstić information content (AvgIpc) is 2.66. The largest absolute Gasteiger partial charge is 0.481 e. The molecule has 8 N–H and O–H groups in total. The van der Waals surface area contributed by atoms with E-state index in [0.29, 0.717) is 25.1 Å². The summed E-state index contributed by atoms with van der Waals surface area (Å²) in [6.45, 7) is 0.816. The van der Waals surface area contributed by atoms with Gasteiger partial charge in [0, 0.05) is 32.2 Å². The Hall–Kier alpha value is -3.60. The third kappa shape index (κ3) is 6.48. The molecular formula is C19H26N6O5. The Labute approximate surface area is 172 Å². The smallest absolute Gasteiger partial charge is 0.320 e. The highest BCUT2D eigenvalue weighted by Crippen LogP contribution is 2.15. The van der Waals surface area contributed by atoms with E-state index in [2.05, 4.69) is 15.3 Å². The molecule has 0 aliphatic rings. The number of carboxylic acid groups (broad SMARTS) is 2. The number of aliphatic carboxylic acids is 2. The van der Waals surface area contributed by atoms with Crippen LogP contribution in [-0.2, 0) is 22.6 Å². The minimum absolute atomic E-state index is 0.00768. The predicted molar refractivity (Wildman–Crippen MR) is 112 cm³/mol. The van der Waals surface area contributed by atoms with Crippen molar-refractivity contribution in [2.75, 3.05) is 30.0 Å². The van der Waals surface area contributed by atoms with Gasteiger partial charge >= 0.3 is 11.9 Å². The van der Waals surface area contributed by atoms with Gasteiger partial charge < -0.3 is 31.9 Å². The molecule has 0 saturated carbocycles. The molecule has 0 bridgehead atoms. The van der Waals surface area contributed by atoms with Gasteiger partial charge in [-0.15, -0.1) is 0 Å². The number of likely N-dealkylation sites (N-methyl/N-ethyl adjacent to an activating group) is 1. The Bertz CT molecular complexity index is 943. The number of aromatic amines is 1. The van der Waals surface area contributed by atoms with E-state index in [1.807, 2.05) is 36.2 Å². The van der Waals surface area contributed by atoms with E-state index >= 15 is 0 Å². The van der Waals surface area contributed by atoms with E-state index in [-0.39, 0.29) is 30.2 Å². The van der Waals surface area contributed by atoms with E-state index in [1.165, 1.54) is 0 Å². The molecule has 0 fully saturated rings. The molecule has 2 aromatic rings. The second-order valence-electron chi connectivity index (χ2n) is 6.86. The molecule has 1 atom stereocenters. The molecule has 0 spiro atoms.